The maximum atomic E-state index is 11.6. The zero-order valence-electron chi connectivity index (χ0n) is 15.5. The minimum absolute atomic E-state index is 0.418. The Balaban J connectivity index is 1.67. The molecule has 1 aromatic heterocycles. The van der Waals surface area contributed by atoms with Gasteiger partial charge in [0.15, 0.2) is 0 Å². The predicted octanol–water partition coefficient (Wildman–Crippen LogP) is 5.99. The number of nitrogens with one attached hydrogen (secondary N) is 1. The second-order valence-corrected chi connectivity index (χ2v) is 8.56. The monoisotopic (exact) mass is 466 g/mol. The van der Waals surface area contributed by atoms with E-state index in [1.165, 1.54) is 21.2 Å². The molecule has 29 heavy (non-hydrogen) atoms. The third-order valence-electron chi connectivity index (χ3n) is 4.79. The third-order valence-corrected chi connectivity index (χ3v) is 6.28. The summed E-state index contributed by atoms with van der Waals surface area (Å²) in [5.41, 5.74) is 5.59. The SMILES string of the molecule is O=C(NO)c1ccc(N(Cc2ccccc2)Cc2csc3cc(Br)ccc23)cc1. The van der Waals surface area contributed by atoms with Crippen molar-refractivity contribution in [2.24, 2.45) is 0 Å². The zero-order valence-corrected chi connectivity index (χ0v) is 17.9. The molecule has 4 aromatic rings. The first kappa shape index (κ1) is 19.6. The lowest BCUT2D eigenvalue weighted by Gasteiger charge is -2.25. The highest BCUT2D eigenvalue weighted by Gasteiger charge is 2.13. The van der Waals surface area contributed by atoms with Crippen molar-refractivity contribution in [3.05, 3.63) is 99.3 Å². The molecule has 4 nitrogen and oxygen atoms in total. The van der Waals surface area contributed by atoms with E-state index in [9.17, 15) is 4.79 Å². The maximum Gasteiger partial charge on any atom is 0.274 e. The number of anilines is 1. The minimum Gasteiger partial charge on any atom is -0.363 e. The van der Waals surface area contributed by atoms with E-state index >= 15 is 0 Å². The Hall–Kier alpha value is -2.67. The van der Waals surface area contributed by atoms with E-state index in [-0.39, 0.29) is 0 Å². The van der Waals surface area contributed by atoms with Crippen LogP contribution in [0.25, 0.3) is 10.1 Å². The van der Waals surface area contributed by atoms with Crippen LogP contribution < -0.4 is 10.4 Å². The van der Waals surface area contributed by atoms with Crippen LogP contribution in [0.5, 0.6) is 0 Å². The van der Waals surface area contributed by atoms with Crippen LogP contribution in [0.15, 0.2) is 82.6 Å². The van der Waals surface area contributed by atoms with Crippen molar-refractivity contribution in [3.63, 3.8) is 0 Å². The quantitative estimate of drug-likeness (QED) is 0.271. The van der Waals surface area contributed by atoms with Crippen molar-refractivity contribution < 1.29 is 10.0 Å². The van der Waals surface area contributed by atoms with Crippen molar-refractivity contribution in [1.82, 2.24) is 5.48 Å². The molecule has 0 radical (unpaired) electrons. The number of hydrogen-bond donors (Lipinski definition) is 2. The van der Waals surface area contributed by atoms with Crippen LogP contribution in [0.4, 0.5) is 5.69 Å². The van der Waals surface area contributed by atoms with Gasteiger partial charge in [0.05, 0.1) is 0 Å². The van der Waals surface area contributed by atoms with E-state index in [1.54, 1.807) is 28.9 Å². The molecule has 0 saturated heterocycles. The topological polar surface area (TPSA) is 52.6 Å². The van der Waals surface area contributed by atoms with Gasteiger partial charge in [-0.3, -0.25) is 10.0 Å². The molecule has 0 bridgehead atoms. The molecule has 0 atom stereocenters. The van der Waals surface area contributed by atoms with E-state index in [1.807, 2.05) is 30.3 Å². The number of carbonyl (C=O) groups excluding carboxylic acids is 1. The van der Waals surface area contributed by atoms with Gasteiger partial charge in [-0.05, 0) is 58.3 Å². The fourth-order valence-corrected chi connectivity index (χ4v) is 4.82. The number of rotatable bonds is 6. The molecule has 4 rings (SSSR count). The molecule has 0 fully saturated rings. The van der Waals surface area contributed by atoms with Gasteiger partial charge in [0, 0.05) is 33.5 Å². The Labute approximate surface area is 181 Å². The summed E-state index contributed by atoms with van der Waals surface area (Å²) >= 11 is 5.29. The van der Waals surface area contributed by atoms with Gasteiger partial charge in [-0.15, -0.1) is 11.3 Å². The first-order valence-corrected chi connectivity index (χ1v) is 10.8. The summed E-state index contributed by atoms with van der Waals surface area (Å²) < 4.78 is 2.33. The number of hydroxylamine groups is 1. The lowest BCUT2D eigenvalue weighted by Crippen LogP contribution is -2.22. The lowest BCUT2D eigenvalue weighted by atomic mass is 10.1. The van der Waals surface area contributed by atoms with Crippen molar-refractivity contribution >= 4 is 48.9 Å². The maximum absolute atomic E-state index is 11.6. The smallest absolute Gasteiger partial charge is 0.274 e. The van der Waals surface area contributed by atoms with Gasteiger partial charge in [-0.25, -0.2) is 5.48 Å². The lowest BCUT2D eigenvalue weighted by molar-refractivity contribution is 0.0706. The van der Waals surface area contributed by atoms with Gasteiger partial charge in [0.2, 0.25) is 0 Å². The molecule has 146 valence electrons. The number of fused-ring (bicyclic) bond motifs is 1. The van der Waals surface area contributed by atoms with Crippen LogP contribution in [0.3, 0.4) is 0 Å². The van der Waals surface area contributed by atoms with E-state index in [0.717, 1.165) is 23.2 Å². The van der Waals surface area contributed by atoms with E-state index in [4.69, 9.17) is 5.21 Å². The van der Waals surface area contributed by atoms with Crippen molar-refractivity contribution in [2.75, 3.05) is 4.90 Å². The summed E-state index contributed by atoms with van der Waals surface area (Å²) in [6, 6.07) is 24.0. The van der Waals surface area contributed by atoms with Crippen molar-refractivity contribution in [1.29, 1.82) is 0 Å². The van der Waals surface area contributed by atoms with Crippen LogP contribution in [0.2, 0.25) is 0 Å². The van der Waals surface area contributed by atoms with Crippen LogP contribution in [-0.4, -0.2) is 11.1 Å². The molecule has 0 aliphatic heterocycles. The number of thiophene rings is 1. The molecule has 0 aliphatic rings. The minimum atomic E-state index is -0.513. The molecule has 0 aliphatic carbocycles. The van der Waals surface area contributed by atoms with Crippen LogP contribution in [-0.2, 0) is 13.1 Å². The van der Waals surface area contributed by atoms with E-state index in [2.05, 4.69) is 56.5 Å². The van der Waals surface area contributed by atoms with Crippen LogP contribution >= 0.6 is 27.3 Å². The van der Waals surface area contributed by atoms with Crippen molar-refractivity contribution in [3.8, 4) is 0 Å². The first-order valence-electron chi connectivity index (χ1n) is 9.13. The molecule has 0 spiro atoms. The highest BCUT2D eigenvalue weighted by Crippen LogP contribution is 2.31. The summed E-state index contributed by atoms with van der Waals surface area (Å²) in [6.07, 6.45) is 0. The summed E-state index contributed by atoms with van der Waals surface area (Å²) in [6.45, 7) is 1.50. The number of amides is 1. The van der Waals surface area contributed by atoms with E-state index in [0.29, 0.717) is 5.56 Å². The van der Waals surface area contributed by atoms with Gasteiger partial charge in [0.25, 0.3) is 5.91 Å². The molecule has 0 unspecified atom stereocenters. The summed E-state index contributed by atoms with van der Waals surface area (Å²) in [4.78, 5) is 13.9. The van der Waals surface area contributed by atoms with Crippen LogP contribution in [0, 0.1) is 0 Å². The molecule has 1 heterocycles. The molecule has 6 heteroatoms. The Morgan fingerprint density at radius 2 is 1.76 bits per heavy atom. The third kappa shape index (κ3) is 4.50. The summed E-state index contributed by atoms with van der Waals surface area (Å²) in [5, 5.41) is 12.3. The second-order valence-electron chi connectivity index (χ2n) is 6.73. The van der Waals surface area contributed by atoms with Crippen LogP contribution in [0.1, 0.15) is 21.5 Å². The predicted molar refractivity (Wildman–Crippen MR) is 122 cm³/mol. The fourth-order valence-electron chi connectivity index (χ4n) is 3.32. The highest BCUT2D eigenvalue weighted by molar-refractivity contribution is 9.10. The Bertz CT molecular complexity index is 1130. The highest BCUT2D eigenvalue weighted by atomic mass is 79.9. The average Bonchev–Trinajstić information content (AvgIpc) is 3.15. The Kier molecular flexibility index (Phi) is 5.94. The number of benzene rings is 3. The van der Waals surface area contributed by atoms with Gasteiger partial charge < -0.3 is 4.90 Å². The number of nitrogens with zero attached hydrogens (tertiary/aromatic N) is 1. The Morgan fingerprint density at radius 3 is 2.48 bits per heavy atom. The number of carbonyl (C=O) groups is 1. The number of hydrogen-bond acceptors (Lipinski definition) is 4. The molecule has 3 aromatic carbocycles. The van der Waals surface area contributed by atoms with Gasteiger partial charge in [-0.2, -0.15) is 0 Å². The molecular weight excluding hydrogens is 448 g/mol. The average molecular weight is 467 g/mol. The second kappa shape index (κ2) is 8.78. The zero-order chi connectivity index (χ0) is 20.2. The Morgan fingerprint density at radius 1 is 1.00 bits per heavy atom. The standard InChI is InChI=1S/C23H19BrN2O2S/c24-19-8-11-21-18(15-29-22(21)12-19)14-26(13-16-4-2-1-3-5-16)20-9-6-17(7-10-20)23(27)25-28/h1-12,15,28H,13-14H2,(H,25,27). The van der Waals surface area contributed by atoms with Crippen molar-refractivity contribution in [2.45, 2.75) is 13.1 Å². The molecule has 0 saturated carbocycles. The largest absolute Gasteiger partial charge is 0.363 e. The molecular formula is C23H19BrN2O2S. The van der Waals surface area contributed by atoms with Gasteiger partial charge >= 0.3 is 0 Å². The number of halogens is 1. The van der Waals surface area contributed by atoms with Gasteiger partial charge in [-0.1, -0.05) is 52.3 Å². The molecule has 1 amide bonds. The fraction of sp³-hybridized carbons (Fsp3) is 0.0870. The summed E-state index contributed by atoms with van der Waals surface area (Å²) in [5.74, 6) is -0.513. The van der Waals surface area contributed by atoms with E-state index < -0.39 is 5.91 Å². The normalized spacial score (nSPS) is 10.8. The molecule has 2 N–H and O–H groups in total. The first-order chi connectivity index (χ1) is 14.1. The van der Waals surface area contributed by atoms with Gasteiger partial charge in [0.1, 0.15) is 0 Å². The summed E-state index contributed by atoms with van der Waals surface area (Å²) in [7, 11) is 0.